The molecule has 0 radical (unpaired) electrons. The van der Waals surface area contributed by atoms with Crippen molar-refractivity contribution in [3.05, 3.63) is 29.3 Å². The van der Waals surface area contributed by atoms with Crippen LogP contribution in [0.4, 0.5) is 4.39 Å². The lowest BCUT2D eigenvalue weighted by atomic mass is 10.3. The highest BCUT2D eigenvalue weighted by Crippen LogP contribution is 2.17. The molecule has 98 valence electrons. The van der Waals surface area contributed by atoms with Gasteiger partial charge in [-0.15, -0.1) is 0 Å². The van der Waals surface area contributed by atoms with Gasteiger partial charge in [-0.25, -0.2) is 4.39 Å². The molecular formula is C12H12ClFO4. The maximum absolute atomic E-state index is 11.7. The third-order valence-corrected chi connectivity index (χ3v) is 2.14. The van der Waals surface area contributed by atoms with Gasteiger partial charge < -0.3 is 9.47 Å². The van der Waals surface area contributed by atoms with Crippen LogP contribution in [0.5, 0.6) is 5.75 Å². The van der Waals surface area contributed by atoms with Gasteiger partial charge in [-0.2, -0.15) is 0 Å². The lowest BCUT2D eigenvalue weighted by Crippen LogP contribution is -2.13. The van der Waals surface area contributed by atoms with Crippen LogP contribution in [0.15, 0.2) is 24.3 Å². The van der Waals surface area contributed by atoms with Crippen LogP contribution in [-0.4, -0.2) is 25.2 Å². The summed E-state index contributed by atoms with van der Waals surface area (Å²) in [6, 6.07) is 6.35. The van der Waals surface area contributed by atoms with E-state index in [4.69, 9.17) is 16.3 Å². The fraction of sp³-hybridized carbons (Fsp3) is 0.333. The van der Waals surface area contributed by atoms with Crippen LogP contribution in [0, 0.1) is 0 Å². The Morgan fingerprint density at radius 1 is 1.22 bits per heavy atom. The van der Waals surface area contributed by atoms with Crippen molar-refractivity contribution in [1.29, 1.82) is 0 Å². The van der Waals surface area contributed by atoms with Crippen LogP contribution in [0.1, 0.15) is 12.8 Å². The van der Waals surface area contributed by atoms with E-state index in [0.29, 0.717) is 10.8 Å². The maximum atomic E-state index is 11.7. The summed E-state index contributed by atoms with van der Waals surface area (Å²) in [6.45, 7) is -1.03. The molecule has 0 bridgehead atoms. The van der Waals surface area contributed by atoms with Gasteiger partial charge in [0, 0.05) is 5.02 Å². The normalized spacial score (nSPS) is 9.89. The third-order valence-electron chi connectivity index (χ3n) is 1.90. The molecule has 0 unspecified atom stereocenters. The first kappa shape index (κ1) is 14.4. The smallest absolute Gasteiger partial charge is 0.311 e. The second-order valence-electron chi connectivity index (χ2n) is 3.34. The molecule has 1 aromatic rings. The Balaban J connectivity index is 2.31. The predicted molar refractivity (Wildman–Crippen MR) is 63.3 cm³/mol. The van der Waals surface area contributed by atoms with Gasteiger partial charge in [0.15, 0.2) is 0 Å². The Hall–Kier alpha value is -1.62. The predicted octanol–water partition coefficient (Wildman–Crippen LogP) is 2.54. The fourth-order valence-electron chi connectivity index (χ4n) is 1.14. The summed E-state index contributed by atoms with van der Waals surface area (Å²) in [7, 11) is 0. The topological polar surface area (TPSA) is 52.6 Å². The summed E-state index contributed by atoms with van der Waals surface area (Å²) < 4.78 is 21.1. The first-order valence-electron chi connectivity index (χ1n) is 5.29. The Labute approximate surface area is 109 Å². The highest BCUT2D eigenvalue weighted by molar-refractivity contribution is 6.30. The van der Waals surface area contributed by atoms with Crippen molar-refractivity contribution in [2.45, 2.75) is 12.8 Å². The Morgan fingerprint density at radius 2 is 1.94 bits per heavy atom. The van der Waals surface area contributed by atoms with E-state index in [1.54, 1.807) is 18.2 Å². The number of hydrogen-bond donors (Lipinski definition) is 0. The molecule has 6 heteroatoms. The minimum absolute atomic E-state index is 0.127. The molecule has 0 N–H and O–H groups in total. The summed E-state index contributed by atoms with van der Waals surface area (Å²) >= 11 is 5.71. The van der Waals surface area contributed by atoms with E-state index < -0.39 is 18.6 Å². The first-order chi connectivity index (χ1) is 8.61. The zero-order valence-corrected chi connectivity index (χ0v) is 10.3. The molecular weight excluding hydrogens is 263 g/mol. The molecule has 0 aliphatic carbocycles. The van der Waals surface area contributed by atoms with Crippen molar-refractivity contribution in [2.75, 3.05) is 13.3 Å². The molecule has 0 saturated carbocycles. The van der Waals surface area contributed by atoms with E-state index in [9.17, 15) is 14.0 Å². The van der Waals surface area contributed by atoms with Crippen LogP contribution in [0.2, 0.25) is 5.02 Å². The van der Waals surface area contributed by atoms with Gasteiger partial charge in [0.25, 0.3) is 0 Å². The van der Waals surface area contributed by atoms with Crippen molar-refractivity contribution in [3.8, 4) is 5.75 Å². The number of hydrogen-bond acceptors (Lipinski definition) is 4. The Kier molecular flexibility index (Phi) is 6.14. The molecule has 18 heavy (non-hydrogen) atoms. The van der Waals surface area contributed by atoms with Crippen molar-refractivity contribution in [1.82, 2.24) is 0 Å². The lowest BCUT2D eigenvalue weighted by molar-refractivity contribution is -0.147. The molecule has 0 fully saturated rings. The van der Waals surface area contributed by atoms with E-state index in [1.165, 1.54) is 6.07 Å². The largest absolute Gasteiger partial charge is 0.463 e. The van der Waals surface area contributed by atoms with Crippen LogP contribution in [0.3, 0.4) is 0 Å². The molecule has 1 aromatic carbocycles. The van der Waals surface area contributed by atoms with Crippen molar-refractivity contribution in [2.24, 2.45) is 0 Å². The van der Waals surface area contributed by atoms with E-state index in [0.717, 1.165) is 0 Å². The van der Waals surface area contributed by atoms with E-state index >= 15 is 0 Å². The monoisotopic (exact) mass is 274 g/mol. The van der Waals surface area contributed by atoms with E-state index in [2.05, 4.69) is 4.74 Å². The van der Waals surface area contributed by atoms with Crippen molar-refractivity contribution < 1.29 is 23.5 Å². The van der Waals surface area contributed by atoms with Gasteiger partial charge in [-0.3, -0.25) is 9.59 Å². The third kappa shape index (κ3) is 5.63. The quantitative estimate of drug-likeness (QED) is 0.591. The molecule has 0 aromatic heterocycles. The van der Waals surface area contributed by atoms with E-state index in [1.807, 2.05) is 0 Å². The molecule has 1 rings (SSSR count). The average Bonchev–Trinajstić information content (AvgIpc) is 2.34. The summed E-state index contributed by atoms with van der Waals surface area (Å²) in [5.74, 6) is -0.894. The van der Waals surface area contributed by atoms with Crippen molar-refractivity contribution in [3.63, 3.8) is 0 Å². The van der Waals surface area contributed by atoms with Crippen molar-refractivity contribution >= 4 is 23.5 Å². The summed E-state index contributed by atoms with van der Waals surface area (Å²) in [5, 5.41) is 0.447. The van der Waals surface area contributed by atoms with Gasteiger partial charge in [-0.1, -0.05) is 17.7 Å². The zero-order valence-electron chi connectivity index (χ0n) is 9.53. The summed E-state index contributed by atoms with van der Waals surface area (Å²) in [5.41, 5.74) is 0. The fourth-order valence-corrected chi connectivity index (χ4v) is 1.32. The molecule has 0 aliphatic rings. The van der Waals surface area contributed by atoms with Gasteiger partial charge in [0.1, 0.15) is 19.0 Å². The van der Waals surface area contributed by atoms with Gasteiger partial charge in [0.2, 0.25) is 0 Å². The Bertz CT molecular complexity index is 422. The van der Waals surface area contributed by atoms with Crippen LogP contribution in [0.25, 0.3) is 0 Å². The lowest BCUT2D eigenvalue weighted by Gasteiger charge is -2.04. The van der Waals surface area contributed by atoms with Gasteiger partial charge in [0.05, 0.1) is 12.8 Å². The molecule has 0 saturated heterocycles. The minimum Gasteiger partial charge on any atom is -0.463 e. The Morgan fingerprint density at radius 3 is 2.61 bits per heavy atom. The average molecular weight is 275 g/mol. The highest BCUT2D eigenvalue weighted by atomic mass is 35.5. The number of ether oxygens (including phenoxy) is 2. The number of esters is 2. The van der Waals surface area contributed by atoms with Crippen LogP contribution >= 0.6 is 11.6 Å². The van der Waals surface area contributed by atoms with Gasteiger partial charge in [-0.05, 0) is 18.2 Å². The summed E-state index contributed by atoms with van der Waals surface area (Å²) in [6.07, 6.45) is -0.267. The standard InChI is InChI=1S/C12H12ClFO4/c13-9-2-1-3-10(8-9)18-12(16)5-4-11(15)17-7-6-14/h1-3,8H,4-7H2. The maximum Gasteiger partial charge on any atom is 0.311 e. The SMILES string of the molecule is O=C(CCC(=O)Oc1cccc(Cl)c1)OCCF. The number of alkyl halides is 1. The number of carbonyl (C=O) groups excluding carboxylic acids is 2. The highest BCUT2D eigenvalue weighted by Gasteiger charge is 2.10. The number of carbonyl (C=O) groups is 2. The van der Waals surface area contributed by atoms with Gasteiger partial charge >= 0.3 is 11.9 Å². The number of halogens is 2. The second-order valence-corrected chi connectivity index (χ2v) is 3.78. The van der Waals surface area contributed by atoms with Crippen LogP contribution in [-0.2, 0) is 14.3 Å². The zero-order chi connectivity index (χ0) is 13.4. The van der Waals surface area contributed by atoms with Crippen LogP contribution < -0.4 is 4.74 Å². The van der Waals surface area contributed by atoms with E-state index in [-0.39, 0.29) is 19.4 Å². The summed E-state index contributed by atoms with van der Waals surface area (Å²) in [4.78, 5) is 22.4. The molecule has 4 nitrogen and oxygen atoms in total. The second kappa shape index (κ2) is 7.66. The number of benzene rings is 1. The molecule has 0 heterocycles. The molecule has 0 atom stereocenters. The molecule has 0 spiro atoms. The minimum atomic E-state index is -0.737. The first-order valence-corrected chi connectivity index (χ1v) is 5.67. The molecule has 0 aliphatic heterocycles. The number of rotatable bonds is 6. The molecule has 0 amide bonds.